The molecule has 0 aliphatic heterocycles. The van der Waals surface area contributed by atoms with Crippen LogP contribution < -0.4 is 10.1 Å². The van der Waals surface area contributed by atoms with E-state index in [0.717, 1.165) is 12.8 Å². The molecular formula is C18H20N4O7. The predicted molar refractivity (Wildman–Crippen MR) is 103 cm³/mol. The fourth-order valence-corrected chi connectivity index (χ4v) is 2.42. The fourth-order valence-electron chi connectivity index (χ4n) is 2.42. The molecule has 11 nitrogen and oxygen atoms in total. The number of pyridine rings is 1. The molecule has 2 aromatic rings. The zero-order valence-electron chi connectivity index (χ0n) is 15.7. The molecule has 11 heteroatoms. The van der Waals surface area contributed by atoms with E-state index < -0.39 is 15.8 Å². The van der Waals surface area contributed by atoms with Gasteiger partial charge in [-0.3, -0.25) is 20.2 Å². The van der Waals surface area contributed by atoms with Crippen molar-refractivity contribution < 1.29 is 24.1 Å². The second kappa shape index (κ2) is 10.5. The first-order valence-electron chi connectivity index (χ1n) is 8.76. The molecule has 0 radical (unpaired) electrons. The number of carbonyl (C=O) groups excluding carboxylic acids is 1. The number of carbonyl (C=O) groups is 1. The quantitative estimate of drug-likeness (QED) is 0.258. The Kier molecular flexibility index (Phi) is 7.83. The summed E-state index contributed by atoms with van der Waals surface area (Å²) in [4.78, 5) is 36.3. The smallest absolute Gasteiger partial charge is 0.338 e. The van der Waals surface area contributed by atoms with Gasteiger partial charge in [0.1, 0.15) is 12.0 Å². The van der Waals surface area contributed by atoms with Crippen molar-refractivity contribution in [3.8, 4) is 5.75 Å². The number of anilines is 1. The number of hydrogen-bond donors (Lipinski definition) is 1. The topological polar surface area (TPSA) is 147 Å². The third kappa shape index (κ3) is 6.41. The molecule has 0 bridgehead atoms. The number of hydrogen-bond acceptors (Lipinski definition) is 9. The minimum Gasteiger partial charge on any atom is -0.490 e. The SMILES string of the molecule is COc1cc(C(=O)OCCCCCNc2ccc([N+](=O)[O-])cn2)ccc1[N+](=O)[O-]. The molecule has 0 unspecified atom stereocenters. The van der Waals surface area contributed by atoms with Crippen LogP contribution in [0, 0.1) is 20.2 Å². The van der Waals surface area contributed by atoms with Crippen molar-refractivity contribution in [1.29, 1.82) is 0 Å². The van der Waals surface area contributed by atoms with E-state index in [9.17, 15) is 25.0 Å². The van der Waals surface area contributed by atoms with Gasteiger partial charge in [0.25, 0.3) is 5.69 Å². The summed E-state index contributed by atoms with van der Waals surface area (Å²) in [5, 5.41) is 24.5. The van der Waals surface area contributed by atoms with Gasteiger partial charge < -0.3 is 14.8 Å². The summed E-state index contributed by atoms with van der Waals surface area (Å²) < 4.78 is 10.1. The van der Waals surface area contributed by atoms with Gasteiger partial charge in [0, 0.05) is 24.7 Å². The maximum atomic E-state index is 12.0. The molecule has 0 aliphatic rings. The summed E-state index contributed by atoms with van der Waals surface area (Å²) in [5.41, 5.74) is -0.111. The Hall–Kier alpha value is -3.76. The molecule has 154 valence electrons. The maximum Gasteiger partial charge on any atom is 0.338 e. The molecule has 0 spiro atoms. The summed E-state index contributed by atoms with van der Waals surface area (Å²) in [6.45, 7) is 0.840. The molecule has 0 fully saturated rings. The van der Waals surface area contributed by atoms with E-state index in [0.29, 0.717) is 18.8 Å². The number of esters is 1. The summed E-state index contributed by atoms with van der Waals surface area (Å²) in [7, 11) is 1.29. The molecule has 0 aliphatic carbocycles. The van der Waals surface area contributed by atoms with E-state index in [4.69, 9.17) is 9.47 Å². The third-order valence-corrected chi connectivity index (χ3v) is 3.93. The second-order valence-electron chi connectivity index (χ2n) is 5.93. The fraction of sp³-hybridized carbons (Fsp3) is 0.333. The van der Waals surface area contributed by atoms with E-state index in [1.807, 2.05) is 0 Å². The average molecular weight is 404 g/mol. The molecule has 1 aromatic carbocycles. The van der Waals surface area contributed by atoms with Crippen molar-refractivity contribution in [3.05, 3.63) is 62.3 Å². The number of nitro groups is 2. The van der Waals surface area contributed by atoms with Crippen molar-refractivity contribution in [3.63, 3.8) is 0 Å². The van der Waals surface area contributed by atoms with Crippen LogP contribution in [0.2, 0.25) is 0 Å². The van der Waals surface area contributed by atoms with Crippen LogP contribution in [0.1, 0.15) is 29.6 Å². The lowest BCUT2D eigenvalue weighted by Crippen LogP contribution is -2.08. The largest absolute Gasteiger partial charge is 0.490 e. The lowest BCUT2D eigenvalue weighted by molar-refractivity contribution is -0.385. The molecule has 29 heavy (non-hydrogen) atoms. The van der Waals surface area contributed by atoms with E-state index >= 15 is 0 Å². The minimum atomic E-state index is -0.589. The Morgan fingerprint density at radius 1 is 1.10 bits per heavy atom. The number of nitrogens with zero attached hydrogens (tertiary/aromatic N) is 3. The molecule has 1 aromatic heterocycles. The van der Waals surface area contributed by atoms with Crippen LogP contribution in [-0.2, 0) is 4.74 Å². The third-order valence-electron chi connectivity index (χ3n) is 3.93. The number of ether oxygens (including phenoxy) is 2. The molecule has 1 heterocycles. The van der Waals surface area contributed by atoms with Crippen LogP contribution in [0.25, 0.3) is 0 Å². The number of methoxy groups -OCH3 is 1. The van der Waals surface area contributed by atoms with Gasteiger partial charge in [0.2, 0.25) is 0 Å². The number of unbranched alkanes of at least 4 members (excludes halogenated alkanes) is 2. The monoisotopic (exact) mass is 404 g/mol. The van der Waals surface area contributed by atoms with Gasteiger partial charge in [-0.2, -0.15) is 0 Å². The number of rotatable bonds is 11. The summed E-state index contributed by atoms with van der Waals surface area (Å²) >= 11 is 0. The summed E-state index contributed by atoms with van der Waals surface area (Å²) in [6.07, 6.45) is 3.42. The lowest BCUT2D eigenvalue weighted by Gasteiger charge is -2.07. The first-order valence-corrected chi connectivity index (χ1v) is 8.76. The van der Waals surface area contributed by atoms with Crippen LogP contribution >= 0.6 is 0 Å². The highest BCUT2D eigenvalue weighted by atomic mass is 16.6. The molecule has 2 rings (SSSR count). The minimum absolute atomic E-state index is 0.00428. The van der Waals surface area contributed by atoms with Gasteiger partial charge >= 0.3 is 11.7 Å². The highest BCUT2D eigenvalue weighted by molar-refractivity contribution is 5.90. The van der Waals surface area contributed by atoms with Crippen molar-refractivity contribution in [2.24, 2.45) is 0 Å². The predicted octanol–water partition coefficient (Wildman–Crippen LogP) is 3.35. The normalized spacial score (nSPS) is 10.2. The van der Waals surface area contributed by atoms with Crippen LogP contribution in [-0.4, -0.2) is 41.1 Å². The zero-order valence-corrected chi connectivity index (χ0v) is 15.7. The van der Waals surface area contributed by atoms with Crippen molar-refractivity contribution in [2.45, 2.75) is 19.3 Å². The first kappa shape index (κ1) is 21.5. The van der Waals surface area contributed by atoms with Crippen LogP contribution in [0.15, 0.2) is 36.5 Å². The van der Waals surface area contributed by atoms with Gasteiger partial charge in [-0.15, -0.1) is 0 Å². The molecular weight excluding hydrogens is 384 g/mol. The van der Waals surface area contributed by atoms with Gasteiger partial charge in [-0.25, -0.2) is 9.78 Å². The Bertz CT molecular complexity index is 871. The molecule has 0 amide bonds. The first-order chi connectivity index (χ1) is 13.9. The van der Waals surface area contributed by atoms with Gasteiger partial charge in [0.15, 0.2) is 5.75 Å². The van der Waals surface area contributed by atoms with E-state index in [2.05, 4.69) is 10.3 Å². The molecule has 0 atom stereocenters. The standard InChI is InChI=1S/C18H20N4O7/c1-28-16-11-13(5-7-15(16)22(26)27)18(23)29-10-4-2-3-9-19-17-8-6-14(12-20-17)21(24)25/h5-8,11-12H,2-4,9-10H2,1H3,(H,19,20). The van der Waals surface area contributed by atoms with Crippen molar-refractivity contribution in [2.75, 3.05) is 25.6 Å². The average Bonchev–Trinajstić information content (AvgIpc) is 2.72. The number of nitro benzene ring substituents is 1. The number of nitrogens with one attached hydrogen (secondary N) is 1. The Morgan fingerprint density at radius 2 is 1.90 bits per heavy atom. The van der Waals surface area contributed by atoms with E-state index in [1.54, 1.807) is 6.07 Å². The summed E-state index contributed by atoms with van der Waals surface area (Å²) in [5.74, 6) is -0.0315. The van der Waals surface area contributed by atoms with Crippen LogP contribution in [0.3, 0.4) is 0 Å². The number of benzene rings is 1. The van der Waals surface area contributed by atoms with Crippen LogP contribution in [0.5, 0.6) is 5.75 Å². The van der Waals surface area contributed by atoms with Crippen LogP contribution in [0.4, 0.5) is 17.2 Å². The number of aromatic nitrogens is 1. The lowest BCUT2D eigenvalue weighted by atomic mass is 10.2. The highest BCUT2D eigenvalue weighted by Crippen LogP contribution is 2.27. The highest BCUT2D eigenvalue weighted by Gasteiger charge is 2.18. The van der Waals surface area contributed by atoms with E-state index in [-0.39, 0.29) is 29.3 Å². The Morgan fingerprint density at radius 3 is 2.52 bits per heavy atom. The van der Waals surface area contributed by atoms with E-state index in [1.165, 1.54) is 37.6 Å². The second-order valence-corrected chi connectivity index (χ2v) is 5.93. The Labute approximate surface area is 166 Å². The maximum absolute atomic E-state index is 12.0. The van der Waals surface area contributed by atoms with Crippen molar-refractivity contribution >= 4 is 23.2 Å². The van der Waals surface area contributed by atoms with Crippen molar-refractivity contribution in [1.82, 2.24) is 4.98 Å². The van der Waals surface area contributed by atoms with Gasteiger partial charge in [-0.05, 0) is 31.4 Å². The molecule has 0 saturated carbocycles. The summed E-state index contributed by atoms with van der Waals surface area (Å²) in [6, 6.07) is 6.72. The Balaban J connectivity index is 1.66. The van der Waals surface area contributed by atoms with Gasteiger partial charge in [0.05, 0.1) is 29.1 Å². The van der Waals surface area contributed by atoms with Gasteiger partial charge in [-0.1, -0.05) is 0 Å². The molecule has 0 saturated heterocycles. The molecule has 1 N–H and O–H groups in total. The zero-order chi connectivity index (χ0) is 21.2.